The number of hydrogen-bond donors (Lipinski definition) is 1. The van der Waals surface area contributed by atoms with Crippen LogP contribution in [0.3, 0.4) is 0 Å². The van der Waals surface area contributed by atoms with Crippen LogP contribution in [-0.4, -0.2) is 5.11 Å². The third kappa shape index (κ3) is 2.58. The predicted molar refractivity (Wildman–Crippen MR) is 84.2 cm³/mol. The van der Waals surface area contributed by atoms with E-state index in [1.165, 1.54) is 53.5 Å². The van der Waals surface area contributed by atoms with Gasteiger partial charge in [-0.1, -0.05) is 48.2 Å². The molecular weight excluding hydrogens is 244 g/mol. The second-order valence-corrected chi connectivity index (χ2v) is 6.13. The average molecular weight is 266 g/mol. The van der Waals surface area contributed by atoms with Crippen molar-refractivity contribution in [3.8, 4) is 16.9 Å². The zero-order valence-electron chi connectivity index (χ0n) is 12.3. The lowest BCUT2D eigenvalue weighted by atomic mass is 9.88. The highest BCUT2D eigenvalue weighted by Gasteiger charge is 2.20. The Labute approximate surface area is 121 Å². The molecule has 0 bridgehead atoms. The number of rotatable bonds is 2. The minimum Gasteiger partial charge on any atom is -0.508 e. The smallest absolute Gasteiger partial charge is 0.116 e. The van der Waals surface area contributed by atoms with Crippen molar-refractivity contribution < 1.29 is 5.11 Å². The van der Waals surface area contributed by atoms with Crippen LogP contribution in [0.4, 0.5) is 0 Å². The van der Waals surface area contributed by atoms with Crippen molar-refractivity contribution in [2.75, 3.05) is 0 Å². The molecule has 1 nitrogen and oxygen atoms in total. The van der Waals surface area contributed by atoms with E-state index in [0.717, 1.165) is 0 Å². The van der Waals surface area contributed by atoms with Crippen LogP contribution in [0.2, 0.25) is 0 Å². The van der Waals surface area contributed by atoms with Gasteiger partial charge in [-0.25, -0.2) is 0 Å². The Hall–Kier alpha value is -1.76. The molecule has 3 rings (SSSR count). The second kappa shape index (κ2) is 5.32. The van der Waals surface area contributed by atoms with Crippen molar-refractivity contribution in [2.24, 2.45) is 0 Å². The lowest BCUT2D eigenvalue weighted by molar-refractivity contribution is 0.475. The van der Waals surface area contributed by atoms with Gasteiger partial charge in [-0.05, 0) is 61.4 Å². The fraction of sp³-hybridized carbons (Fsp3) is 0.368. The molecule has 1 aliphatic rings. The molecule has 0 unspecified atom stereocenters. The Morgan fingerprint density at radius 1 is 0.900 bits per heavy atom. The summed E-state index contributed by atoms with van der Waals surface area (Å²) in [5, 5.41) is 9.88. The van der Waals surface area contributed by atoms with E-state index in [1.54, 1.807) is 0 Å². The molecule has 0 heterocycles. The highest BCUT2D eigenvalue weighted by molar-refractivity contribution is 5.71. The fourth-order valence-electron chi connectivity index (χ4n) is 3.52. The second-order valence-electron chi connectivity index (χ2n) is 6.13. The zero-order chi connectivity index (χ0) is 14.1. The summed E-state index contributed by atoms with van der Waals surface area (Å²) in [7, 11) is 0. The van der Waals surface area contributed by atoms with Gasteiger partial charge in [0.05, 0.1) is 0 Å². The largest absolute Gasteiger partial charge is 0.508 e. The minimum absolute atomic E-state index is 0.362. The van der Waals surface area contributed by atoms with Gasteiger partial charge < -0.3 is 5.11 Å². The first-order chi connectivity index (χ1) is 9.63. The predicted octanol–water partition coefficient (Wildman–Crippen LogP) is 5.33. The van der Waals surface area contributed by atoms with Crippen LogP contribution >= 0.6 is 0 Å². The van der Waals surface area contributed by atoms with Crippen LogP contribution in [0.5, 0.6) is 5.75 Å². The van der Waals surface area contributed by atoms with Gasteiger partial charge in [0.1, 0.15) is 5.75 Å². The molecule has 1 heteroatoms. The lowest BCUT2D eigenvalue weighted by Crippen LogP contribution is -1.96. The molecule has 0 spiro atoms. The van der Waals surface area contributed by atoms with E-state index >= 15 is 0 Å². The summed E-state index contributed by atoms with van der Waals surface area (Å²) in [5.74, 6) is 1.02. The quantitative estimate of drug-likeness (QED) is 0.778. The fourth-order valence-corrected chi connectivity index (χ4v) is 3.52. The summed E-state index contributed by atoms with van der Waals surface area (Å²) in [6, 6.07) is 12.5. The average Bonchev–Trinajstić information content (AvgIpc) is 2.91. The first-order valence-electron chi connectivity index (χ1n) is 7.55. The van der Waals surface area contributed by atoms with E-state index in [0.29, 0.717) is 11.7 Å². The van der Waals surface area contributed by atoms with Gasteiger partial charge in [0.15, 0.2) is 0 Å². The number of hydrogen-bond acceptors (Lipinski definition) is 1. The van der Waals surface area contributed by atoms with Crippen LogP contribution in [-0.2, 0) is 0 Å². The first-order valence-corrected chi connectivity index (χ1v) is 7.55. The van der Waals surface area contributed by atoms with Crippen molar-refractivity contribution in [2.45, 2.75) is 45.4 Å². The van der Waals surface area contributed by atoms with Gasteiger partial charge in [0.25, 0.3) is 0 Å². The summed E-state index contributed by atoms with van der Waals surface area (Å²) < 4.78 is 0. The summed E-state index contributed by atoms with van der Waals surface area (Å²) in [4.78, 5) is 0. The third-order valence-corrected chi connectivity index (χ3v) is 4.36. The van der Waals surface area contributed by atoms with Crippen molar-refractivity contribution in [3.63, 3.8) is 0 Å². The first kappa shape index (κ1) is 13.2. The van der Waals surface area contributed by atoms with E-state index in [9.17, 15) is 5.11 Å². The molecule has 1 saturated carbocycles. The SMILES string of the molecule is Cc1cc(C)cc(-c2cc(O)ccc2C2CCCC2)c1. The maximum atomic E-state index is 9.88. The Kier molecular flexibility index (Phi) is 3.52. The highest BCUT2D eigenvalue weighted by Crippen LogP contribution is 2.40. The molecule has 1 N–H and O–H groups in total. The monoisotopic (exact) mass is 266 g/mol. The molecular formula is C19H22O. The molecule has 0 radical (unpaired) electrons. The number of benzene rings is 2. The molecule has 0 aromatic heterocycles. The number of phenols is 1. The standard InChI is InChI=1S/C19H22O/c1-13-9-14(2)11-16(10-13)19-12-17(20)7-8-18(19)15-5-3-4-6-15/h7-12,15,20H,3-6H2,1-2H3. The van der Waals surface area contributed by atoms with E-state index < -0.39 is 0 Å². The van der Waals surface area contributed by atoms with E-state index in [1.807, 2.05) is 12.1 Å². The molecule has 20 heavy (non-hydrogen) atoms. The van der Waals surface area contributed by atoms with Crippen molar-refractivity contribution in [3.05, 3.63) is 53.1 Å². The molecule has 0 saturated heterocycles. The third-order valence-electron chi connectivity index (χ3n) is 4.36. The van der Waals surface area contributed by atoms with Gasteiger partial charge in [-0.2, -0.15) is 0 Å². The van der Waals surface area contributed by atoms with Gasteiger partial charge >= 0.3 is 0 Å². The summed E-state index contributed by atoms with van der Waals surface area (Å²) in [6.07, 6.45) is 5.22. The van der Waals surface area contributed by atoms with E-state index in [2.05, 4.69) is 38.1 Å². The van der Waals surface area contributed by atoms with Crippen LogP contribution < -0.4 is 0 Å². The van der Waals surface area contributed by atoms with Crippen molar-refractivity contribution in [1.82, 2.24) is 0 Å². The summed E-state index contributed by atoms with van der Waals surface area (Å²) >= 11 is 0. The lowest BCUT2D eigenvalue weighted by Gasteiger charge is -2.17. The molecule has 0 amide bonds. The molecule has 2 aromatic carbocycles. The molecule has 0 atom stereocenters. The highest BCUT2D eigenvalue weighted by atomic mass is 16.3. The Morgan fingerprint density at radius 3 is 2.20 bits per heavy atom. The minimum atomic E-state index is 0.362. The molecule has 0 aliphatic heterocycles. The Morgan fingerprint density at radius 2 is 1.55 bits per heavy atom. The Bertz CT molecular complexity index is 601. The van der Waals surface area contributed by atoms with Gasteiger partial charge in [-0.15, -0.1) is 0 Å². The molecule has 2 aromatic rings. The van der Waals surface area contributed by atoms with Crippen LogP contribution in [0.25, 0.3) is 11.1 Å². The Balaban J connectivity index is 2.13. The van der Waals surface area contributed by atoms with Gasteiger partial charge in [0.2, 0.25) is 0 Å². The van der Waals surface area contributed by atoms with Crippen molar-refractivity contribution in [1.29, 1.82) is 0 Å². The van der Waals surface area contributed by atoms with Crippen molar-refractivity contribution >= 4 is 0 Å². The summed E-state index contributed by atoms with van der Waals surface area (Å²) in [6.45, 7) is 4.27. The molecule has 1 aliphatic carbocycles. The molecule has 104 valence electrons. The maximum Gasteiger partial charge on any atom is 0.116 e. The van der Waals surface area contributed by atoms with Crippen LogP contribution in [0, 0.1) is 13.8 Å². The maximum absolute atomic E-state index is 9.88. The topological polar surface area (TPSA) is 20.2 Å². The number of phenolic OH excluding ortho intramolecular Hbond substituents is 1. The molecule has 1 fully saturated rings. The number of aryl methyl sites for hydroxylation is 2. The number of aromatic hydroxyl groups is 1. The van der Waals surface area contributed by atoms with E-state index in [-0.39, 0.29) is 0 Å². The van der Waals surface area contributed by atoms with E-state index in [4.69, 9.17) is 0 Å². The van der Waals surface area contributed by atoms with Gasteiger partial charge in [-0.3, -0.25) is 0 Å². The van der Waals surface area contributed by atoms with Gasteiger partial charge in [0, 0.05) is 0 Å². The summed E-state index contributed by atoms with van der Waals surface area (Å²) in [5.41, 5.74) is 6.41. The van der Waals surface area contributed by atoms with Crippen LogP contribution in [0.15, 0.2) is 36.4 Å². The zero-order valence-corrected chi connectivity index (χ0v) is 12.3. The van der Waals surface area contributed by atoms with Crippen LogP contribution in [0.1, 0.15) is 48.3 Å². The normalized spacial score (nSPS) is 15.7.